The van der Waals surface area contributed by atoms with Crippen LogP contribution < -0.4 is 10.5 Å². The van der Waals surface area contributed by atoms with Crippen LogP contribution >= 0.6 is 0 Å². The highest BCUT2D eigenvalue weighted by atomic mass is 32.2. The Labute approximate surface area is 206 Å². The fraction of sp³-hybridized carbons (Fsp3) is 0.417. The van der Waals surface area contributed by atoms with Gasteiger partial charge in [0, 0.05) is 24.1 Å². The number of hydrogen-bond acceptors (Lipinski definition) is 8. The molecular weight excluding hydrogens is 482 g/mol. The van der Waals surface area contributed by atoms with Gasteiger partial charge in [-0.1, -0.05) is 51.1 Å². The predicted octanol–water partition coefficient (Wildman–Crippen LogP) is 3.65. The lowest BCUT2D eigenvalue weighted by Gasteiger charge is -2.42. The van der Waals surface area contributed by atoms with E-state index in [0.717, 1.165) is 11.8 Å². The van der Waals surface area contributed by atoms with Crippen molar-refractivity contribution in [3.63, 3.8) is 0 Å². The normalized spacial score (nSPS) is 16.7. The maximum Gasteiger partial charge on any atom is 0.255 e. The Kier molecular flexibility index (Phi) is 6.45. The first kappa shape index (κ1) is 25.2. The van der Waals surface area contributed by atoms with Crippen molar-refractivity contribution in [3.05, 3.63) is 59.0 Å². The summed E-state index contributed by atoms with van der Waals surface area (Å²) in [5, 5.41) is -0.299. The molecule has 4 rings (SSSR count). The average molecular weight is 514 g/mol. The van der Waals surface area contributed by atoms with E-state index >= 15 is 0 Å². The van der Waals surface area contributed by atoms with Crippen molar-refractivity contribution >= 4 is 29.9 Å². The van der Waals surface area contributed by atoms with Crippen LogP contribution in [0.5, 0.6) is 0 Å². The number of sulfone groups is 1. The zero-order valence-corrected chi connectivity index (χ0v) is 22.7. The molecule has 1 atom stereocenters. The van der Waals surface area contributed by atoms with Gasteiger partial charge in [0.2, 0.25) is 20.9 Å². The molecule has 0 fully saturated rings. The second-order valence-corrected chi connectivity index (χ2v) is 17.0. The molecule has 0 spiro atoms. The molecule has 1 aromatic carbocycles. The van der Waals surface area contributed by atoms with Gasteiger partial charge < -0.3 is 4.43 Å². The van der Waals surface area contributed by atoms with Crippen LogP contribution in [0, 0.1) is 0 Å². The number of rotatable bonds is 5. The monoisotopic (exact) mass is 513 g/mol. The minimum absolute atomic E-state index is 0.0170. The third kappa shape index (κ3) is 5.21. The molecule has 0 bridgehead atoms. The van der Waals surface area contributed by atoms with Gasteiger partial charge >= 0.3 is 0 Å². The molecule has 3 aromatic rings. The number of aromatic nitrogens is 4. The molecule has 2 aromatic heterocycles. The molecule has 0 aliphatic carbocycles. The van der Waals surface area contributed by atoms with Crippen molar-refractivity contribution in [3.8, 4) is 11.3 Å². The van der Waals surface area contributed by atoms with Crippen LogP contribution in [-0.2, 0) is 20.8 Å². The van der Waals surface area contributed by atoms with Gasteiger partial charge in [-0.2, -0.15) is 0 Å². The lowest BCUT2D eigenvalue weighted by Crippen LogP contribution is -2.52. The van der Waals surface area contributed by atoms with Gasteiger partial charge in [0.15, 0.2) is 8.32 Å². The summed E-state index contributed by atoms with van der Waals surface area (Å²) in [6.07, 6.45) is 2.17. The van der Waals surface area contributed by atoms with Crippen molar-refractivity contribution in [2.45, 2.75) is 56.7 Å². The molecular formula is C24H31N5O4SSi. The molecule has 0 saturated heterocycles. The van der Waals surface area contributed by atoms with E-state index < -0.39 is 18.2 Å². The minimum atomic E-state index is -3.62. The second-order valence-electron chi connectivity index (χ2n) is 10.3. The van der Waals surface area contributed by atoms with E-state index in [1.54, 1.807) is 15.5 Å². The van der Waals surface area contributed by atoms with Crippen molar-refractivity contribution < 1.29 is 12.8 Å². The Hall–Kier alpha value is -2.89. The number of hydrogen-bond donors (Lipinski definition) is 0. The quantitative estimate of drug-likeness (QED) is 0.376. The molecule has 0 radical (unpaired) electrons. The highest BCUT2D eigenvalue weighted by Crippen LogP contribution is 2.39. The second kappa shape index (κ2) is 8.96. The van der Waals surface area contributed by atoms with E-state index in [0.29, 0.717) is 30.5 Å². The van der Waals surface area contributed by atoms with Crippen LogP contribution in [0.15, 0.2) is 58.6 Å². The average Bonchev–Trinajstić information content (AvgIpc) is 2.78. The van der Waals surface area contributed by atoms with Crippen molar-refractivity contribution in [1.82, 2.24) is 19.5 Å². The number of fused-ring (bicyclic) bond motifs is 1. The Balaban J connectivity index is 1.85. The largest absolute Gasteiger partial charge is 0.410 e. The molecule has 1 aliphatic rings. The first-order valence-electron chi connectivity index (χ1n) is 11.4. The predicted molar refractivity (Wildman–Crippen MR) is 138 cm³/mol. The number of nitrogens with zero attached hydrogens (tertiary/aromatic N) is 5. The van der Waals surface area contributed by atoms with Crippen molar-refractivity contribution in [2.75, 3.05) is 17.7 Å². The molecule has 0 saturated carbocycles. The molecule has 3 heterocycles. The molecule has 1 aliphatic heterocycles. The molecule has 35 heavy (non-hydrogen) atoms. The molecule has 0 N–H and O–H groups in total. The zero-order chi connectivity index (χ0) is 25.6. The third-order valence-electron chi connectivity index (χ3n) is 6.57. The van der Waals surface area contributed by atoms with Crippen molar-refractivity contribution in [1.29, 1.82) is 0 Å². The van der Waals surface area contributed by atoms with Crippen LogP contribution in [0.2, 0.25) is 18.1 Å². The van der Waals surface area contributed by atoms with E-state index in [-0.39, 0.29) is 21.9 Å². The van der Waals surface area contributed by atoms with E-state index in [4.69, 9.17) is 9.41 Å². The van der Waals surface area contributed by atoms with Crippen LogP contribution in [0.3, 0.4) is 0 Å². The van der Waals surface area contributed by atoms with Crippen LogP contribution in [-0.4, -0.2) is 55.2 Å². The van der Waals surface area contributed by atoms with Gasteiger partial charge in [0.1, 0.15) is 5.82 Å². The first-order chi connectivity index (χ1) is 16.3. The molecule has 1 unspecified atom stereocenters. The Morgan fingerprint density at radius 1 is 1.06 bits per heavy atom. The Morgan fingerprint density at radius 2 is 1.74 bits per heavy atom. The van der Waals surface area contributed by atoms with Crippen LogP contribution in [0.4, 0.5) is 11.8 Å². The summed E-state index contributed by atoms with van der Waals surface area (Å²) in [6, 6.07) is 12.6. The number of benzene rings is 1. The first-order valence-corrected chi connectivity index (χ1v) is 16.2. The topological polar surface area (TPSA) is 107 Å². The summed E-state index contributed by atoms with van der Waals surface area (Å²) in [5.41, 5.74) is 1.14. The van der Waals surface area contributed by atoms with Gasteiger partial charge in [-0.15, -0.1) is 0 Å². The fourth-order valence-corrected chi connectivity index (χ4v) is 5.55. The van der Waals surface area contributed by atoms with E-state index in [2.05, 4.69) is 43.8 Å². The maximum atomic E-state index is 13.3. The van der Waals surface area contributed by atoms with Crippen LogP contribution in [0.25, 0.3) is 11.3 Å². The summed E-state index contributed by atoms with van der Waals surface area (Å²) in [7, 11) is -5.78. The van der Waals surface area contributed by atoms with Crippen LogP contribution in [0.1, 0.15) is 20.8 Å². The standard InChI is InChI=1S/C24H31N5O4SSi/c1-24(2,3)35(5,6)33-18-15-28(20-12-13-25-22(27-20)34(4,31)32)23-26-19(14-21(30)29(23)16-18)17-10-8-7-9-11-17/h7-14,18H,15-16H2,1-6H3. The van der Waals surface area contributed by atoms with Gasteiger partial charge in [0.05, 0.1) is 24.9 Å². The summed E-state index contributed by atoms with van der Waals surface area (Å²) in [4.78, 5) is 28.1. The van der Waals surface area contributed by atoms with Gasteiger partial charge in [0.25, 0.3) is 5.56 Å². The summed E-state index contributed by atoms with van der Waals surface area (Å²) in [6.45, 7) is 11.5. The lowest BCUT2D eigenvalue weighted by molar-refractivity contribution is 0.157. The smallest absolute Gasteiger partial charge is 0.255 e. The summed E-state index contributed by atoms with van der Waals surface area (Å²) >= 11 is 0. The maximum absolute atomic E-state index is 13.3. The van der Waals surface area contributed by atoms with Crippen molar-refractivity contribution in [2.24, 2.45) is 0 Å². The van der Waals surface area contributed by atoms with Gasteiger partial charge in [-0.25, -0.2) is 23.4 Å². The van der Waals surface area contributed by atoms with Gasteiger partial charge in [-0.05, 0) is 24.2 Å². The molecule has 11 heteroatoms. The third-order valence-corrected chi connectivity index (χ3v) is 12.0. The van der Waals surface area contributed by atoms with E-state index in [9.17, 15) is 13.2 Å². The fourth-order valence-electron chi connectivity index (χ4n) is 3.70. The number of anilines is 2. The Bertz CT molecular complexity index is 1400. The minimum Gasteiger partial charge on any atom is -0.410 e. The lowest BCUT2D eigenvalue weighted by atomic mass is 10.1. The van der Waals surface area contributed by atoms with Gasteiger partial charge in [-0.3, -0.25) is 14.3 Å². The zero-order valence-electron chi connectivity index (χ0n) is 20.9. The SMILES string of the molecule is CC(C)(C)[Si](C)(C)OC1CN(c2ccnc(S(C)(=O)=O)n2)c2nc(-c3ccccc3)cc(=O)n2C1. The van der Waals surface area contributed by atoms with E-state index in [1.165, 1.54) is 12.3 Å². The highest BCUT2D eigenvalue weighted by Gasteiger charge is 2.41. The summed E-state index contributed by atoms with van der Waals surface area (Å²) < 4.78 is 32.5. The molecule has 0 amide bonds. The molecule has 9 nitrogen and oxygen atoms in total. The summed E-state index contributed by atoms with van der Waals surface area (Å²) in [5.74, 6) is 0.736. The highest BCUT2D eigenvalue weighted by molar-refractivity contribution is 7.90. The Morgan fingerprint density at radius 3 is 2.37 bits per heavy atom. The van der Waals surface area contributed by atoms with E-state index in [1.807, 2.05) is 30.3 Å². The molecule has 186 valence electrons.